The molecule has 0 spiro atoms. The lowest BCUT2D eigenvalue weighted by Crippen LogP contribution is -2.12. The van der Waals surface area contributed by atoms with E-state index in [1.807, 2.05) is 37.3 Å². The third-order valence-corrected chi connectivity index (χ3v) is 5.03. The molecule has 0 bridgehead atoms. The number of Topliss-reactive ketones (excluding diaryl/α,β-unsaturated/α-hetero) is 1. The van der Waals surface area contributed by atoms with Gasteiger partial charge in [0.15, 0.2) is 11.7 Å². The number of aromatic nitrogens is 1. The van der Waals surface area contributed by atoms with E-state index < -0.39 is 32.9 Å². The maximum Gasteiger partial charge on any atom is 0.277 e. The lowest BCUT2D eigenvalue weighted by Gasteiger charge is -2.05. The van der Waals surface area contributed by atoms with Crippen molar-refractivity contribution in [2.45, 2.75) is 12.8 Å². The fourth-order valence-electron chi connectivity index (χ4n) is 2.62. The monoisotopic (exact) mass is 408 g/mol. The number of non-ortho nitro benzene ring substituents is 2. The Hall–Kier alpha value is -3.97. The molecule has 10 heteroatoms. The summed E-state index contributed by atoms with van der Waals surface area (Å²) in [6, 6.07) is 12.0. The zero-order chi connectivity index (χ0) is 21.1. The topological polar surface area (TPSA) is 140 Å². The summed E-state index contributed by atoms with van der Waals surface area (Å²) < 4.78 is 0. The van der Waals surface area contributed by atoms with Crippen molar-refractivity contribution in [3.8, 4) is 17.3 Å². The van der Waals surface area contributed by atoms with Gasteiger partial charge in [0.2, 0.25) is 0 Å². The van der Waals surface area contributed by atoms with E-state index in [2.05, 4.69) is 4.98 Å². The highest BCUT2D eigenvalue weighted by Crippen LogP contribution is 2.31. The number of nitro benzene ring substituents is 2. The standard InChI is InChI=1S/C19H12N4O5S/c1-11-2-4-12(5-3-11)17-10-29-19(21-17)16(9-20)18(24)13-6-14(22(25)26)8-15(7-13)23(27)28/h2-8,10,16H,1H3. The van der Waals surface area contributed by atoms with E-state index in [1.54, 1.807) is 5.38 Å². The van der Waals surface area contributed by atoms with Crippen LogP contribution in [0, 0.1) is 38.5 Å². The molecule has 0 saturated heterocycles. The van der Waals surface area contributed by atoms with Gasteiger partial charge in [-0.2, -0.15) is 5.26 Å². The van der Waals surface area contributed by atoms with Gasteiger partial charge >= 0.3 is 0 Å². The largest absolute Gasteiger partial charge is 0.292 e. The van der Waals surface area contributed by atoms with E-state index in [-0.39, 0.29) is 10.6 Å². The van der Waals surface area contributed by atoms with Crippen LogP contribution in [-0.4, -0.2) is 20.6 Å². The van der Waals surface area contributed by atoms with Crippen LogP contribution in [0.2, 0.25) is 0 Å². The van der Waals surface area contributed by atoms with Gasteiger partial charge in [-0.05, 0) is 6.92 Å². The van der Waals surface area contributed by atoms with Crippen LogP contribution in [0.1, 0.15) is 26.8 Å². The highest BCUT2D eigenvalue weighted by atomic mass is 32.1. The van der Waals surface area contributed by atoms with Crippen LogP contribution in [0.4, 0.5) is 11.4 Å². The molecule has 3 aromatic rings. The molecule has 144 valence electrons. The summed E-state index contributed by atoms with van der Waals surface area (Å²) in [5.74, 6) is -2.12. The summed E-state index contributed by atoms with van der Waals surface area (Å²) in [6.45, 7) is 1.94. The van der Waals surface area contributed by atoms with Gasteiger partial charge in [-0.25, -0.2) is 4.98 Å². The van der Waals surface area contributed by atoms with Crippen LogP contribution >= 0.6 is 11.3 Å². The molecule has 0 saturated carbocycles. The second-order valence-corrected chi connectivity index (χ2v) is 7.01. The van der Waals surface area contributed by atoms with Gasteiger partial charge in [-0.1, -0.05) is 29.8 Å². The summed E-state index contributed by atoms with van der Waals surface area (Å²) in [5.41, 5.74) is 0.986. The molecule has 1 unspecified atom stereocenters. The highest BCUT2D eigenvalue weighted by Gasteiger charge is 2.28. The Balaban J connectivity index is 1.98. The number of nitrogens with zero attached hydrogens (tertiary/aromatic N) is 4. The summed E-state index contributed by atoms with van der Waals surface area (Å²) in [4.78, 5) is 37.6. The molecule has 2 aromatic carbocycles. The zero-order valence-corrected chi connectivity index (χ0v) is 15.8. The van der Waals surface area contributed by atoms with Crippen LogP contribution in [-0.2, 0) is 0 Å². The number of rotatable bonds is 6. The molecular formula is C19H12N4O5S. The van der Waals surface area contributed by atoms with Crippen molar-refractivity contribution in [2.24, 2.45) is 0 Å². The van der Waals surface area contributed by atoms with Crippen molar-refractivity contribution >= 4 is 28.5 Å². The molecule has 0 N–H and O–H groups in total. The molecule has 0 aliphatic rings. The number of nitriles is 1. The number of nitro groups is 2. The number of carbonyl (C=O) groups is 1. The van der Waals surface area contributed by atoms with Gasteiger partial charge in [-0.3, -0.25) is 25.0 Å². The first kappa shape index (κ1) is 19.8. The molecule has 1 heterocycles. The fraction of sp³-hybridized carbons (Fsp3) is 0.105. The minimum atomic E-state index is -1.33. The zero-order valence-electron chi connectivity index (χ0n) is 14.9. The van der Waals surface area contributed by atoms with E-state index in [4.69, 9.17) is 0 Å². The van der Waals surface area contributed by atoms with Gasteiger partial charge < -0.3 is 0 Å². The SMILES string of the molecule is Cc1ccc(-c2csc(C(C#N)C(=O)c3cc([N+](=O)[O-])cc([N+](=O)[O-])c3)n2)cc1. The van der Waals surface area contributed by atoms with E-state index in [0.717, 1.165) is 40.7 Å². The molecule has 0 radical (unpaired) electrons. The Morgan fingerprint density at radius 1 is 1.10 bits per heavy atom. The molecule has 9 nitrogen and oxygen atoms in total. The van der Waals surface area contributed by atoms with E-state index in [9.17, 15) is 30.3 Å². The van der Waals surface area contributed by atoms with Crippen LogP contribution in [0.15, 0.2) is 47.8 Å². The first-order chi connectivity index (χ1) is 13.8. The Morgan fingerprint density at radius 2 is 1.69 bits per heavy atom. The van der Waals surface area contributed by atoms with Crippen molar-refractivity contribution in [2.75, 3.05) is 0 Å². The van der Waals surface area contributed by atoms with Crippen LogP contribution in [0.3, 0.4) is 0 Å². The molecule has 3 rings (SSSR count). The summed E-state index contributed by atoms with van der Waals surface area (Å²) in [5, 5.41) is 33.5. The van der Waals surface area contributed by atoms with Crippen LogP contribution < -0.4 is 0 Å². The predicted octanol–water partition coefficient (Wildman–Crippen LogP) is 4.43. The van der Waals surface area contributed by atoms with Crippen molar-refractivity contribution in [3.05, 3.63) is 84.2 Å². The second-order valence-electron chi connectivity index (χ2n) is 6.12. The van der Waals surface area contributed by atoms with Crippen LogP contribution in [0.5, 0.6) is 0 Å². The fourth-order valence-corrected chi connectivity index (χ4v) is 3.49. The normalized spacial score (nSPS) is 11.4. The van der Waals surface area contributed by atoms with Crippen LogP contribution in [0.25, 0.3) is 11.3 Å². The summed E-state index contributed by atoms with van der Waals surface area (Å²) in [7, 11) is 0. The molecule has 29 heavy (non-hydrogen) atoms. The van der Waals surface area contributed by atoms with Gasteiger partial charge in [0.05, 0.1) is 27.7 Å². The Bertz CT molecular complexity index is 1130. The Kier molecular flexibility index (Phi) is 5.43. The number of thiazole rings is 1. The third-order valence-electron chi connectivity index (χ3n) is 4.12. The molecule has 0 aliphatic carbocycles. The number of carbonyl (C=O) groups excluding carboxylic acids is 1. The number of hydrogen-bond donors (Lipinski definition) is 0. The molecule has 0 amide bonds. The number of aryl methyl sites for hydroxylation is 1. The van der Waals surface area contributed by atoms with Crippen molar-refractivity contribution in [1.82, 2.24) is 4.98 Å². The Labute approximate surface area is 168 Å². The molecule has 0 aliphatic heterocycles. The molecule has 1 aromatic heterocycles. The van der Waals surface area contributed by atoms with Gasteiger partial charge in [-0.15, -0.1) is 11.3 Å². The Morgan fingerprint density at radius 3 is 2.21 bits per heavy atom. The molecular weight excluding hydrogens is 396 g/mol. The van der Waals surface area contributed by atoms with Gasteiger partial charge in [0.25, 0.3) is 11.4 Å². The first-order valence-corrected chi connectivity index (χ1v) is 9.08. The quantitative estimate of drug-likeness (QED) is 0.334. The molecule has 1 atom stereocenters. The lowest BCUT2D eigenvalue weighted by atomic mass is 9.98. The van der Waals surface area contributed by atoms with Crippen molar-refractivity contribution < 1.29 is 14.6 Å². The number of ketones is 1. The van der Waals surface area contributed by atoms with Gasteiger partial charge in [0.1, 0.15) is 5.01 Å². The minimum Gasteiger partial charge on any atom is -0.292 e. The number of hydrogen-bond acceptors (Lipinski definition) is 8. The maximum atomic E-state index is 12.8. The highest BCUT2D eigenvalue weighted by molar-refractivity contribution is 7.10. The smallest absolute Gasteiger partial charge is 0.277 e. The van der Waals surface area contributed by atoms with Crippen molar-refractivity contribution in [1.29, 1.82) is 5.26 Å². The summed E-state index contributed by atoms with van der Waals surface area (Å²) >= 11 is 1.10. The second kappa shape index (κ2) is 7.95. The summed E-state index contributed by atoms with van der Waals surface area (Å²) in [6.07, 6.45) is 0. The average Bonchev–Trinajstić information content (AvgIpc) is 3.18. The lowest BCUT2D eigenvalue weighted by molar-refractivity contribution is -0.394. The maximum absolute atomic E-state index is 12.8. The minimum absolute atomic E-state index is 0.210. The van der Waals surface area contributed by atoms with Gasteiger partial charge in [0, 0.05) is 28.6 Å². The first-order valence-electron chi connectivity index (χ1n) is 8.20. The van der Waals surface area contributed by atoms with E-state index in [0.29, 0.717) is 5.69 Å². The number of benzene rings is 2. The predicted molar refractivity (Wildman–Crippen MR) is 105 cm³/mol. The van der Waals surface area contributed by atoms with E-state index in [1.165, 1.54) is 0 Å². The van der Waals surface area contributed by atoms with Crippen molar-refractivity contribution in [3.63, 3.8) is 0 Å². The third kappa shape index (κ3) is 4.15. The van der Waals surface area contributed by atoms with E-state index >= 15 is 0 Å². The molecule has 0 fully saturated rings. The average molecular weight is 408 g/mol.